The van der Waals surface area contributed by atoms with Crippen molar-refractivity contribution in [3.8, 4) is 6.19 Å². The molecule has 0 aromatic carbocycles. The summed E-state index contributed by atoms with van der Waals surface area (Å²) in [4.78, 5) is 11.4. The highest BCUT2D eigenvalue weighted by Gasteiger charge is 2.16. The summed E-state index contributed by atoms with van der Waals surface area (Å²) >= 11 is 0. The van der Waals surface area contributed by atoms with Gasteiger partial charge in [-0.2, -0.15) is 5.26 Å². The number of likely N-dealkylation sites (tertiary alicyclic amines) is 1. The molecule has 1 saturated heterocycles. The summed E-state index contributed by atoms with van der Waals surface area (Å²) in [7, 11) is 0. The van der Waals surface area contributed by atoms with Crippen LogP contribution in [0.25, 0.3) is 0 Å². The zero-order valence-electron chi connectivity index (χ0n) is 4.92. The van der Waals surface area contributed by atoms with Crippen LogP contribution in [0.5, 0.6) is 0 Å². The Morgan fingerprint density at radius 1 is 1.67 bits per heavy atom. The standard InChI is InChI=1S/C6H6N2O/c7-5-8-3-1-2-6(8)4-9/h1-3H2. The van der Waals surface area contributed by atoms with Crippen molar-refractivity contribution in [1.29, 1.82) is 5.26 Å². The Bertz CT molecular complexity index is 198. The molecule has 0 N–H and O–H groups in total. The monoisotopic (exact) mass is 122 g/mol. The highest BCUT2D eigenvalue weighted by atomic mass is 16.1. The first-order chi connectivity index (χ1) is 4.38. The van der Waals surface area contributed by atoms with Gasteiger partial charge in [-0.15, -0.1) is 0 Å². The first kappa shape index (κ1) is 5.87. The lowest BCUT2D eigenvalue weighted by atomic mass is 10.3. The van der Waals surface area contributed by atoms with Gasteiger partial charge in [0, 0.05) is 13.0 Å². The molecule has 0 unspecified atom stereocenters. The van der Waals surface area contributed by atoms with E-state index in [0.29, 0.717) is 18.7 Å². The molecule has 0 amide bonds. The minimum absolute atomic E-state index is 0.498. The second-order valence-corrected chi connectivity index (χ2v) is 1.90. The molecule has 0 aromatic rings. The summed E-state index contributed by atoms with van der Waals surface area (Å²) in [6, 6.07) is 0. The number of nitrogens with zero attached hydrogens (tertiary/aromatic N) is 2. The Labute approximate surface area is 53.2 Å². The molecule has 0 radical (unpaired) electrons. The van der Waals surface area contributed by atoms with Crippen molar-refractivity contribution in [2.45, 2.75) is 12.8 Å². The number of hydrogen-bond acceptors (Lipinski definition) is 3. The topological polar surface area (TPSA) is 44.1 Å². The van der Waals surface area contributed by atoms with Crippen molar-refractivity contribution in [2.24, 2.45) is 0 Å². The highest BCUT2D eigenvalue weighted by molar-refractivity contribution is 5.53. The number of allylic oxidation sites excluding steroid dienone is 1. The van der Waals surface area contributed by atoms with Crippen LogP contribution in [0.2, 0.25) is 0 Å². The molecular weight excluding hydrogens is 116 g/mol. The number of nitriles is 1. The van der Waals surface area contributed by atoms with Crippen molar-refractivity contribution in [3.05, 3.63) is 5.70 Å². The molecule has 1 rings (SSSR count). The molecule has 0 spiro atoms. The van der Waals surface area contributed by atoms with E-state index >= 15 is 0 Å². The van der Waals surface area contributed by atoms with E-state index in [1.807, 2.05) is 6.19 Å². The van der Waals surface area contributed by atoms with Crippen molar-refractivity contribution in [3.63, 3.8) is 0 Å². The zero-order chi connectivity index (χ0) is 6.69. The molecule has 0 aromatic heterocycles. The molecule has 0 saturated carbocycles. The summed E-state index contributed by atoms with van der Waals surface area (Å²) in [5.41, 5.74) is 0.498. The van der Waals surface area contributed by atoms with Gasteiger partial charge in [-0.05, 0) is 6.42 Å². The van der Waals surface area contributed by atoms with Gasteiger partial charge < -0.3 is 0 Å². The van der Waals surface area contributed by atoms with Crippen LogP contribution in [0.4, 0.5) is 0 Å². The molecule has 0 bridgehead atoms. The minimum Gasteiger partial charge on any atom is -0.273 e. The van der Waals surface area contributed by atoms with Gasteiger partial charge >= 0.3 is 0 Å². The summed E-state index contributed by atoms with van der Waals surface area (Å²) in [5.74, 6) is 1.74. The van der Waals surface area contributed by atoms with Crippen LogP contribution >= 0.6 is 0 Å². The third kappa shape index (κ3) is 0.933. The van der Waals surface area contributed by atoms with Crippen LogP contribution in [0, 0.1) is 11.5 Å². The normalized spacial score (nSPS) is 17.2. The average Bonchev–Trinajstić information content (AvgIpc) is 2.33. The highest BCUT2D eigenvalue weighted by Crippen LogP contribution is 2.15. The first-order valence-corrected chi connectivity index (χ1v) is 2.79. The van der Waals surface area contributed by atoms with E-state index in [1.54, 1.807) is 5.94 Å². The second kappa shape index (κ2) is 2.34. The predicted molar refractivity (Wildman–Crippen MR) is 30.8 cm³/mol. The number of carbonyl (C=O) groups excluding carboxylic acids is 1. The van der Waals surface area contributed by atoms with Gasteiger partial charge in [0.05, 0.1) is 0 Å². The fourth-order valence-electron chi connectivity index (χ4n) is 0.891. The van der Waals surface area contributed by atoms with Gasteiger partial charge in [-0.1, -0.05) is 0 Å². The Kier molecular flexibility index (Phi) is 1.53. The van der Waals surface area contributed by atoms with Crippen molar-refractivity contribution in [1.82, 2.24) is 4.90 Å². The molecule has 3 heteroatoms. The lowest BCUT2D eigenvalue weighted by Gasteiger charge is -2.01. The molecule has 1 heterocycles. The molecule has 3 nitrogen and oxygen atoms in total. The van der Waals surface area contributed by atoms with E-state index in [0.717, 1.165) is 6.42 Å². The largest absolute Gasteiger partial charge is 0.273 e. The van der Waals surface area contributed by atoms with Crippen LogP contribution in [0.1, 0.15) is 12.8 Å². The van der Waals surface area contributed by atoms with E-state index in [-0.39, 0.29) is 0 Å². The maximum Gasteiger partial charge on any atom is 0.184 e. The average molecular weight is 122 g/mol. The van der Waals surface area contributed by atoms with Crippen LogP contribution in [-0.2, 0) is 4.79 Å². The summed E-state index contributed by atoms with van der Waals surface area (Å²) in [6.07, 6.45) is 3.51. The van der Waals surface area contributed by atoms with E-state index < -0.39 is 0 Å². The maximum atomic E-state index is 10.0. The van der Waals surface area contributed by atoms with Crippen molar-refractivity contribution >= 4 is 5.94 Å². The Morgan fingerprint density at radius 3 is 2.89 bits per heavy atom. The van der Waals surface area contributed by atoms with Crippen LogP contribution < -0.4 is 0 Å². The Morgan fingerprint density at radius 2 is 2.44 bits per heavy atom. The Balaban J connectivity index is 2.77. The lowest BCUT2D eigenvalue weighted by Crippen LogP contribution is -2.09. The van der Waals surface area contributed by atoms with Gasteiger partial charge in [-0.3, -0.25) is 4.90 Å². The smallest absolute Gasteiger partial charge is 0.184 e. The molecule has 0 atom stereocenters. The van der Waals surface area contributed by atoms with E-state index in [9.17, 15) is 4.79 Å². The Hall–Kier alpha value is -1.26. The molecule has 1 aliphatic rings. The summed E-state index contributed by atoms with van der Waals surface area (Å²) < 4.78 is 0. The molecule has 46 valence electrons. The number of hydrogen-bond donors (Lipinski definition) is 0. The van der Waals surface area contributed by atoms with Gasteiger partial charge in [-0.25, -0.2) is 4.79 Å². The molecule has 1 aliphatic heterocycles. The maximum absolute atomic E-state index is 10.0. The van der Waals surface area contributed by atoms with Crippen LogP contribution in [0.15, 0.2) is 5.70 Å². The van der Waals surface area contributed by atoms with E-state index in [2.05, 4.69) is 0 Å². The minimum atomic E-state index is 0.498. The van der Waals surface area contributed by atoms with Crippen LogP contribution in [0.3, 0.4) is 0 Å². The van der Waals surface area contributed by atoms with E-state index in [4.69, 9.17) is 5.26 Å². The quantitative estimate of drug-likeness (QED) is 0.342. The third-order valence-corrected chi connectivity index (χ3v) is 1.36. The molecule has 9 heavy (non-hydrogen) atoms. The van der Waals surface area contributed by atoms with Gasteiger partial charge in [0.15, 0.2) is 6.19 Å². The van der Waals surface area contributed by atoms with Gasteiger partial charge in [0.1, 0.15) is 11.6 Å². The fraction of sp³-hybridized carbons (Fsp3) is 0.500. The third-order valence-electron chi connectivity index (χ3n) is 1.36. The van der Waals surface area contributed by atoms with Crippen molar-refractivity contribution < 1.29 is 4.79 Å². The van der Waals surface area contributed by atoms with Crippen LogP contribution in [-0.4, -0.2) is 17.4 Å². The summed E-state index contributed by atoms with van der Waals surface area (Å²) in [6.45, 7) is 0.682. The molecular formula is C6H6N2O. The summed E-state index contributed by atoms with van der Waals surface area (Å²) in [5, 5.41) is 8.34. The fourth-order valence-corrected chi connectivity index (χ4v) is 0.891. The van der Waals surface area contributed by atoms with Crippen molar-refractivity contribution in [2.75, 3.05) is 6.54 Å². The predicted octanol–water partition coefficient (Wildman–Crippen LogP) is 0.279. The SMILES string of the molecule is N#CN1CCCC1=C=O. The number of rotatable bonds is 0. The lowest BCUT2D eigenvalue weighted by molar-refractivity contribution is 0.533. The van der Waals surface area contributed by atoms with Gasteiger partial charge in [0.25, 0.3) is 0 Å². The zero-order valence-corrected chi connectivity index (χ0v) is 4.92. The molecule has 1 fully saturated rings. The molecule has 0 aliphatic carbocycles. The van der Waals surface area contributed by atoms with Gasteiger partial charge in [0.2, 0.25) is 0 Å². The van der Waals surface area contributed by atoms with E-state index in [1.165, 1.54) is 4.90 Å². The second-order valence-electron chi connectivity index (χ2n) is 1.90. The first-order valence-electron chi connectivity index (χ1n) is 2.79.